The molecule has 1 aromatic carbocycles. The Kier molecular flexibility index (Phi) is 5.67. The molecule has 108 valence electrons. The van der Waals surface area contributed by atoms with E-state index in [4.69, 9.17) is 10.2 Å². The van der Waals surface area contributed by atoms with Gasteiger partial charge in [0.1, 0.15) is 6.04 Å². The largest absolute Gasteiger partial charge is 0.480 e. The maximum absolute atomic E-state index is 11.9. The number of carbonyl (C=O) groups is 3. The number of rotatable bonds is 6. The fourth-order valence-electron chi connectivity index (χ4n) is 1.51. The first kappa shape index (κ1) is 15.6. The smallest absolute Gasteiger partial charge is 0.328 e. The normalized spacial score (nSPS) is 11.5. The van der Waals surface area contributed by atoms with Crippen molar-refractivity contribution < 1.29 is 24.6 Å². The molecule has 1 unspecified atom stereocenters. The van der Waals surface area contributed by atoms with Crippen molar-refractivity contribution >= 4 is 17.8 Å². The third kappa shape index (κ3) is 4.36. The first-order chi connectivity index (χ1) is 9.45. The third-order valence-electron chi connectivity index (χ3n) is 2.56. The van der Waals surface area contributed by atoms with Gasteiger partial charge in [-0.2, -0.15) is 0 Å². The highest BCUT2D eigenvalue weighted by Gasteiger charge is 2.21. The van der Waals surface area contributed by atoms with E-state index in [0.29, 0.717) is 5.56 Å². The molecule has 1 aromatic rings. The first-order valence-electron chi connectivity index (χ1n) is 5.89. The molecule has 0 radical (unpaired) electrons. The summed E-state index contributed by atoms with van der Waals surface area (Å²) >= 11 is 0. The Bertz CT molecular complexity index is 489. The van der Waals surface area contributed by atoms with Crippen LogP contribution in [0, 0.1) is 0 Å². The predicted molar refractivity (Wildman–Crippen MR) is 70.1 cm³/mol. The Morgan fingerprint density at radius 3 is 2.35 bits per heavy atom. The Hall–Kier alpha value is -2.41. The van der Waals surface area contributed by atoms with Gasteiger partial charge in [0.05, 0.1) is 13.2 Å². The summed E-state index contributed by atoms with van der Waals surface area (Å²) in [5, 5.41) is 19.6. The first-order valence-corrected chi connectivity index (χ1v) is 5.89. The van der Waals surface area contributed by atoms with Gasteiger partial charge in [0.25, 0.3) is 5.91 Å². The Labute approximate surface area is 115 Å². The number of aliphatic hydroxyl groups excluding tert-OH is 1. The van der Waals surface area contributed by atoms with Crippen LogP contribution in [0.2, 0.25) is 0 Å². The van der Waals surface area contributed by atoms with Gasteiger partial charge in [0.2, 0.25) is 5.91 Å². The van der Waals surface area contributed by atoms with E-state index in [9.17, 15) is 14.4 Å². The number of carboxylic acid groups (broad SMARTS) is 1. The lowest BCUT2D eigenvalue weighted by molar-refractivity contribution is -0.143. The van der Waals surface area contributed by atoms with E-state index in [2.05, 4.69) is 5.32 Å². The lowest BCUT2D eigenvalue weighted by Gasteiger charge is -2.18. The predicted octanol–water partition coefficient (Wildman–Crippen LogP) is -0.680. The van der Waals surface area contributed by atoms with Crippen LogP contribution in [-0.4, -0.2) is 59.1 Å². The van der Waals surface area contributed by atoms with Crippen molar-refractivity contribution in [2.75, 3.05) is 20.2 Å². The second kappa shape index (κ2) is 7.25. The molecule has 20 heavy (non-hydrogen) atoms. The molecule has 0 aliphatic carbocycles. The van der Waals surface area contributed by atoms with Crippen LogP contribution in [-0.2, 0) is 9.59 Å². The molecule has 7 nitrogen and oxygen atoms in total. The highest BCUT2D eigenvalue weighted by atomic mass is 16.4. The van der Waals surface area contributed by atoms with Gasteiger partial charge < -0.3 is 20.4 Å². The molecule has 0 saturated heterocycles. The highest BCUT2D eigenvalue weighted by molar-refractivity contribution is 5.96. The van der Waals surface area contributed by atoms with E-state index in [1.807, 2.05) is 0 Å². The number of carbonyl (C=O) groups excluding carboxylic acids is 2. The zero-order valence-electron chi connectivity index (χ0n) is 10.9. The van der Waals surface area contributed by atoms with Gasteiger partial charge in [-0.05, 0) is 12.1 Å². The SMILES string of the molecule is CN(CC(=O)NC(CO)C(=O)O)C(=O)c1ccccc1. The van der Waals surface area contributed by atoms with Crippen molar-refractivity contribution in [3.8, 4) is 0 Å². The lowest BCUT2D eigenvalue weighted by atomic mass is 10.2. The van der Waals surface area contributed by atoms with Crippen LogP contribution in [0.1, 0.15) is 10.4 Å². The van der Waals surface area contributed by atoms with Crippen molar-refractivity contribution in [3.63, 3.8) is 0 Å². The Balaban J connectivity index is 2.57. The van der Waals surface area contributed by atoms with Gasteiger partial charge in [-0.25, -0.2) is 4.79 Å². The molecule has 0 heterocycles. The van der Waals surface area contributed by atoms with Crippen molar-refractivity contribution in [2.45, 2.75) is 6.04 Å². The molecule has 3 N–H and O–H groups in total. The minimum absolute atomic E-state index is 0.294. The standard InChI is InChI=1S/C13H16N2O5/c1-15(12(18)9-5-3-2-4-6-9)7-11(17)14-10(8-16)13(19)20/h2-6,10,16H,7-8H2,1H3,(H,14,17)(H,19,20). The monoisotopic (exact) mass is 280 g/mol. The van der Waals surface area contributed by atoms with Gasteiger partial charge in [0, 0.05) is 12.6 Å². The number of benzene rings is 1. The summed E-state index contributed by atoms with van der Waals surface area (Å²) in [5.74, 6) is -2.34. The second-order valence-electron chi connectivity index (χ2n) is 4.17. The summed E-state index contributed by atoms with van der Waals surface area (Å²) in [5.41, 5.74) is 0.430. The van der Waals surface area contributed by atoms with Gasteiger partial charge >= 0.3 is 5.97 Å². The second-order valence-corrected chi connectivity index (χ2v) is 4.17. The highest BCUT2D eigenvalue weighted by Crippen LogP contribution is 2.02. The summed E-state index contributed by atoms with van der Waals surface area (Å²) in [4.78, 5) is 35.4. The number of amides is 2. The fourth-order valence-corrected chi connectivity index (χ4v) is 1.51. The number of aliphatic carboxylic acids is 1. The quantitative estimate of drug-likeness (QED) is 0.640. The molecule has 0 aliphatic heterocycles. The van der Waals surface area contributed by atoms with Gasteiger partial charge in [-0.1, -0.05) is 18.2 Å². The number of likely N-dealkylation sites (N-methyl/N-ethyl adjacent to an activating group) is 1. The third-order valence-corrected chi connectivity index (χ3v) is 2.56. The number of nitrogens with one attached hydrogen (secondary N) is 1. The molecule has 1 rings (SSSR count). The summed E-state index contributed by atoms with van der Waals surface area (Å²) in [6.45, 7) is -1.01. The van der Waals surface area contributed by atoms with Crippen LogP contribution in [0.15, 0.2) is 30.3 Å². The molecule has 0 aliphatic rings. The van der Waals surface area contributed by atoms with Gasteiger partial charge in [-0.3, -0.25) is 9.59 Å². The van der Waals surface area contributed by atoms with Crippen molar-refractivity contribution in [1.82, 2.24) is 10.2 Å². The molecule has 0 saturated carbocycles. The van der Waals surface area contributed by atoms with Crippen LogP contribution in [0.4, 0.5) is 0 Å². The van der Waals surface area contributed by atoms with Crippen molar-refractivity contribution in [1.29, 1.82) is 0 Å². The minimum atomic E-state index is -1.37. The van der Waals surface area contributed by atoms with Gasteiger partial charge in [0.15, 0.2) is 0 Å². The number of carboxylic acids is 1. The summed E-state index contributed by atoms with van der Waals surface area (Å²) < 4.78 is 0. The van der Waals surface area contributed by atoms with E-state index in [1.54, 1.807) is 30.3 Å². The lowest BCUT2D eigenvalue weighted by Crippen LogP contribution is -2.47. The van der Waals surface area contributed by atoms with Crippen LogP contribution in [0.5, 0.6) is 0 Å². The van der Waals surface area contributed by atoms with E-state index >= 15 is 0 Å². The molecular formula is C13H16N2O5. The van der Waals surface area contributed by atoms with Crippen molar-refractivity contribution in [3.05, 3.63) is 35.9 Å². The van der Waals surface area contributed by atoms with E-state index < -0.39 is 24.5 Å². The van der Waals surface area contributed by atoms with E-state index in [1.165, 1.54) is 11.9 Å². The zero-order valence-corrected chi connectivity index (χ0v) is 10.9. The minimum Gasteiger partial charge on any atom is -0.480 e. The summed E-state index contributed by atoms with van der Waals surface area (Å²) in [7, 11) is 1.43. The average molecular weight is 280 g/mol. The summed E-state index contributed by atoms with van der Waals surface area (Å²) in [6.07, 6.45) is 0. The molecule has 0 fully saturated rings. The van der Waals surface area contributed by atoms with Crippen LogP contribution < -0.4 is 5.32 Å². The number of aliphatic hydroxyl groups is 1. The molecule has 2 amide bonds. The Morgan fingerprint density at radius 1 is 1.25 bits per heavy atom. The summed E-state index contributed by atoms with van der Waals surface area (Å²) in [6, 6.07) is 7.03. The molecule has 0 bridgehead atoms. The average Bonchev–Trinajstić information content (AvgIpc) is 2.44. The molecule has 7 heteroatoms. The molecule has 0 aromatic heterocycles. The molecular weight excluding hydrogens is 264 g/mol. The zero-order chi connectivity index (χ0) is 15.1. The fraction of sp³-hybridized carbons (Fsp3) is 0.308. The number of hydrogen-bond donors (Lipinski definition) is 3. The number of hydrogen-bond acceptors (Lipinski definition) is 4. The van der Waals surface area contributed by atoms with Gasteiger partial charge in [-0.15, -0.1) is 0 Å². The molecule has 1 atom stereocenters. The van der Waals surface area contributed by atoms with E-state index in [-0.39, 0.29) is 12.5 Å². The van der Waals surface area contributed by atoms with Crippen molar-refractivity contribution in [2.24, 2.45) is 0 Å². The Morgan fingerprint density at radius 2 is 1.85 bits per heavy atom. The van der Waals surface area contributed by atoms with E-state index in [0.717, 1.165) is 0 Å². The topological polar surface area (TPSA) is 107 Å². The maximum Gasteiger partial charge on any atom is 0.328 e. The van der Waals surface area contributed by atoms with Crippen LogP contribution in [0.25, 0.3) is 0 Å². The molecule has 0 spiro atoms. The van der Waals surface area contributed by atoms with Crippen LogP contribution in [0.3, 0.4) is 0 Å². The number of nitrogens with zero attached hydrogens (tertiary/aromatic N) is 1. The maximum atomic E-state index is 11.9. The van der Waals surface area contributed by atoms with Crippen LogP contribution >= 0.6 is 0 Å².